The molecule has 92 valence electrons. The zero-order chi connectivity index (χ0) is 12.4. The van der Waals surface area contributed by atoms with Crippen molar-refractivity contribution in [1.29, 1.82) is 0 Å². The molecule has 1 heterocycles. The average Bonchev–Trinajstić information content (AvgIpc) is 2.79. The van der Waals surface area contributed by atoms with E-state index >= 15 is 0 Å². The fourth-order valence-electron chi connectivity index (χ4n) is 2.24. The second-order valence-electron chi connectivity index (χ2n) is 4.47. The van der Waals surface area contributed by atoms with Crippen LogP contribution in [0.3, 0.4) is 0 Å². The molecule has 1 amide bonds. The maximum atomic E-state index is 12.3. The highest BCUT2D eigenvalue weighted by atomic mass is 35.5. The number of phenols is 1. The normalized spacial score (nSPS) is 19.6. The minimum absolute atomic E-state index is 0.0424. The lowest BCUT2D eigenvalue weighted by Crippen LogP contribution is -2.36. The van der Waals surface area contributed by atoms with Crippen molar-refractivity contribution >= 4 is 17.5 Å². The Morgan fingerprint density at radius 2 is 2.35 bits per heavy atom. The molecule has 1 aromatic rings. The van der Waals surface area contributed by atoms with Gasteiger partial charge < -0.3 is 10.0 Å². The van der Waals surface area contributed by atoms with E-state index in [1.165, 1.54) is 0 Å². The van der Waals surface area contributed by atoms with Gasteiger partial charge in [-0.15, -0.1) is 11.6 Å². The first-order valence-electron chi connectivity index (χ1n) is 5.80. The number of alkyl halides is 1. The summed E-state index contributed by atoms with van der Waals surface area (Å²) < 4.78 is 0. The van der Waals surface area contributed by atoms with E-state index in [-0.39, 0.29) is 17.7 Å². The van der Waals surface area contributed by atoms with E-state index in [9.17, 15) is 9.90 Å². The fourth-order valence-corrected chi connectivity index (χ4v) is 2.56. The number of aromatic hydroxyl groups is 1. The van der Waals surface area contributed by atoms with Gasteiger partial charge in [0.2, 0.25) is 0 Å². The SMILES string of the molecule is Cc1ccc(O)c(C(=O)N2CCCC2CCl)c1. The van der Waals surface area contributed by atoms with Crippen LogP contribution in [0.15, 0.2) is 18.2 Å². The highest BCUT2D eigenvalue weighted by Crippen LogP contribution is 2.25. The fraction of sp³-hybridized carbons (Fsp3) is 0.462. The molecule has 1 N–H and O–H groups in total. The molecule has 0 radical (unpaired) electrons. The summed E-state index contributed by atoms with van der Waals surface area (Å²) in [7, 11) is 0. The molecule has 4 heteroatoms. The Morgan fingerprint density at radius 3 is 3.06 bits per heavy atom. The van der Waals surface area contributed by atoms with Crippen LogP contribution < -0.4 is 0 Å². The molecular formula is C13H16ClNO2. The summed E-state index contributed by atoms with van der Waals surface area (Å²) in [5, 5.41) is 9.74. The van der Waals surface area contributed by atoms with Crippen LogP contribution in [0.5, 0.6) is 5.75 Å². The van der Waals surface area contributed by atoms with Gasteiger partial charge in [0.05, 0.1) is 5.56 Å². The first kappa shape index (κ1) is 12.2. The van der Waals surface area contributed by atoms with E-state index < -0.39 is 0 Å². The molecule has 0 spiro atoms. The van der Waals surface area contributed by atoms with E-state index in [1.54, 1.807) is 23.1 Å². The Kier molecular flexibility index (Phi) is 3.57. The molecule has 1 aliphatic heterocycles. The molecule has 0 aromatic heterocycles. The number of aryl methyl sites for hydroxylation is 1. The van der Waals surface area contributed by atoms with Crippen LogP contribution in [0.25, 0.3) is 0 Å². The van der Waals surface area contributed by atoms with Gasteiger partial charge in [0.25, 0.3) is 5.91 Å². The van der Waals surface area contributed by atoms with Crippen molar-refractivity contribution in [3.8, 4) is 5.75 Å². The number of benzene rings is 1. The maximum Gasteiger partial charge on any atom is 0.257 e. The molecular weight excluding hydrogens is 238 g/mol. The Bertz CT molecular complexity index is 433. The predicted octanol–water partition coefficient (Wildman–Crippen LogP) is 2.54. The lowest BCUT2D eigenvalue weighted by Gasteiger charge is -2.23. The molecule has 1 aliphatic rings. The Morgan fingerprint density at radius 1 is 1.59 bits per heavy atom. The molecule has 1 saturated heterocycles. The zero-order valence-electron chi connectivity index (χ0n) is 9.82. The minimum Gasteiger partial charge on any atom is -0.507 e. The van der Waals surface area contributed by atoms with Gasteiger partial charge in [0.1, 0.15) is 5.75 Å². The number of carbonyl (C=O) groups excluding carboxylic acids is 1. The number of phenolic OH excluding ortho intramolecular Hbond substituents is 1. The van der Waals surface area contributed by atoms with E-state index in [1.807, 2.05) is 6.92 Å². The van der Waals surface area contributed by atoms with E-state index in [0.29, 0.717) is 11.4 Å². The van der Waals surface area contributed by atoms with Crippen molar-refractivity contribution in [2.45, 2.75) is 25.8 Å². The first-order chi connectivity index (χ1) is 8.13. The third kappa shape index (κ3) is 2.39. The zero-order valence-corrected chi connectivity index (χ0v) is 10.6. The minimum atomic E-state index is -0.116. The highest BCUT2D eigenvalue weighted by molar-refractivity contribution is 6.18. The van der Waals surface area contributed by atoms with Crippen molar-refractivity contribution in [2.24, 2.45) is 0 Å². The van der Waals surface area contributed by atoms with Crippen LogP contribution >= 0.6 is 11.6 Å². The molecule has 0 bridgehead atoms. The van der Waals surface area contributed by atoms with Crippen molar-refractivity contribution in [2.75, 3.05) is 12.4 Å². The van der Waals surface area contributed by atoms with Gasteiger partial charge in [-0.2, -0.15) is 0 Å². The molecule has 1 atom stereocenters. The summed E-state index contributed by atoms with van der Waals surface area (Å²) in [6.45, 7) is 2.63. The highest BCUT2D eigenvalue weighted by Gasteiger charge is 2.29. The smallest absolute Gasteiger partial charge is 0.257 e. The van der Waals surface area contributed by atoms with Gasteiger partial charge in [0, 0.05) is 18.5 Å². The lowest BCUT2D eigenvalue weighted by atomic mass is 10.1. The summed E-state index contributed by atoms with van der Waals surface area (Å²) >= 11 is 5.85. The van der Waals surface area contributed by atoms with Crippen molar-refractivity contribution in [3.05, 3.63) is 29.3 Å². The molecule has 1 unspecified atom stereocenters. The summed E-state index contributed by atoms with van der Waals surface area (Å²) in [5.41, 5.74) is 1.34. The second kappa shape index (κ2) is 4.96. The second-order valence-corrected chi connectivity index (χ2v) is 4.78. The quantitative estimate of drug-likeness (QED) is 0.823. The van der Waals surface area contributed by atoms with Gasteiger partial charge in [0.15, 0.2) is 0 Å². The predicted molar refractivity (Wildman–Crippen MR) is 67.6 cm³/mol. The number of rotatable bonds is 2. The molecule has 1 aromatic carbocycles. The Hall–Kier alpha value is -1.22. The number of halogens is 1. The molecule has 2 rings (SSSR count). The summed E-state index contributed by atoms with van der Waals surface area (Å²) in [6.07, 6.45) is 1.93. The van der Waals surface area contributed by atoms with Crippen LogP contribution in [-0.2, 0) is 0 Å². The van der Waals surface area contributed by atoms with Crippen LogP contribution in [0.2, 0.25) is 0 Å². The number of amides is 1. The summed E-state index contributed by atoms with van der Waals surface area (Å²) in [5.74, 6) is 0.383. The molecule has 0 saturated carbocycles. The molecule has 0 aliphatic carbocycles. The van der Waals surface area contributed by atoms with Gasteiger partial charge in [-0.05, 0) is 31.9 Å². The number of nitrogens with zero attached hydrogens (tertiary/aromatic N) is 1. The first-order valence-corrected chi connectivity index (χ1v) is 6.33. The number of hydrogen-bond acceptors (Lipinski definition) is 2. The van der Waals surface area contributed by atoms with Gasteiger partial charge in [-0.1, -0.05) is 11.6 Å². The Balaban J connectivity index is 2.27. The van der Waals surface area contributed by atoms with E-state index in [0.717, 1.165) is 24.9 Å². The van der Waals surface area contributed by atoms with Crippen LogP contribution in [0, 0.1) is 6.92 Å². The Labute approximate surface area is 106 Å². The van der Waals surface area contributed by atoms with Crippen molar-refractivity contribution < 1.29 is 9.90 Å². The third-order valence-electron chi connectivity index (χ3n) is 3.20. The lowest BCUT2D eigenvalue weighted by molar-refractivity contribution is 0.0746. The van der Waals surface area contributed by atoms with E-state index in [2.05, 4.69) is 0 Å². The number of hydrogen-bond donors (Lipinski definition) is 1. The summed E-state index contributed by atoms with van der Waals surface area (Å²) in [6, 6.07) is 5.18. The maximum absolute atomic E-state index is 12.3. The van der Waals surface area contributed by atoms with Gasteiger partial charge in [-0.25, -0.2) is 0 Å². The van der Waals surface area contributed by atoms with Crippen LogP contribution in [0.4, 0.5) is 0 Å². The standard InChI is InChI=1S/C13H16ClNO2/c1-9-4-5-12(16)11(7-9)13(17)15-6-2-3-10(15)8-14/h4-5,7,10,16H,2-3,6,8H2,1H3. The number of carbonyl (C=O) groups is 1. The summed E-state index contributed by atoms with van der Waals surface area (Å²) in [4.78, 5) is 14.1. The van der Waals surface area contributed by atoms with Crippen molar-refractivity contribution in [3.63, 3.8) is 0 Å². The van der Waals surface area contributed by atoms with Crippen molar-refractivity contribution in [1.82, 2.24) is 4.90 Å². The topological polar surface area (TPSA) is 40.5 Å². The molecule has 17 heavy (non-hydrogen) atoms. The van der Waals surface area contributed by atoms with Crippen LogP contribution in [0.1, 0.15) is 28.8 Å². The molecule has 1 fully saturated rings. The van der Waals surface area contributed by atoms with Gasteiger partial charge in [-0.3, -0.25) is 4.79 Å². The monoisotopic (exact) mass is 253 g/mol. The third-order valence-corrected chi connectivity index (χ3v) is 3.55. The van der Waals surface area contributed by atoms with E-state index in [4.69, 9.17) is 11.6 Å². The van der Waals surface area contributed by atoms with Crippen LogP contribution in [-0.4, -0.2) is 34.4 Å². The average molecular weight is 254 g/mol. The largest absolute Gasteiger partial charge is 0.507 e. The molecule has 3 nitrogen and oxygen atoms in total. The number of likely N-dealkylation sites (tertiary alicyclic amines) is 1. The van der Waals surface area contributed by atoms with Gasteiger partial charge >= 0.3 is 0 Å².